The minimum absolute atomic E-state index is 0.137. The first-order valence-electron chi connectivity index (χ1n) is 7.80. The highest BCUT2D eigenvalue weighted by Crippen LogP contribution is 2.45. The van der Waals surface area contributed by atoms with Crippen molar-refractivity contribution in [2.24, 2.45) is 5.92 Å². The van der Waals surface area contributed by atoms with E-state index in [-0.39, 0.29) is 12.0 Å². The van der Waals surface area contributed by atoms with Gasteiger partial charge in [0, 0.05) is 18.6 Å². The molecule has 4 rings (SSSR count). The van der Waals surface area contributed by atoms with E-state index in [1.807, 2.05) is 0 Å². The Hall–Kier alpha value is -1.35. The van der Waals surface area contributed by atoms with Crippen LogP contribution in [0.1, 0.15) is 49.1 Å². The molecule has 3 heteroatoms. The van der Waals surface area contributed by atoms with E-state index < -0.39 is 5.97 Å². The summed E-state index contributed by atoms with van der Waals surface area (Å²) in [5, 5.41) is 9.35. The van der Waals surface area contributed by atoms with Crippen LogP contribution in [0.3, 0.4) is 0 Å². The van der Waals surface area contributed by atoms with Crippen molar-refractivity contribution >= 4 is 5.97 Å². The Morgan fingerprint density at radius 3 is 2.70 bits per heavy atom. The van der Waals surface area contributed by atoms with Crippen LogP contribution >= 0.6 is 0 Å². The number of carbonyl (C=O) groups is 1. The Bertz CT molecular complexity index is 538. The van der Waals surface area contributed by atoms with Gasteiger partial charge in [0.1, 0.15) is 0 Å². The lowest BCUT2D eigenvalue weighted by Crippen LogP contribution is -2.32. The Labute approximate surface area is 119 Å². The van der Waals surface area contributed by atoms with Crippen LogP contribution in [-0.4, -0.2) is 28.1 Å². The summed E-state index contributed by atoms with van der Waals surface area (Å²) in [5.74, 6) is 0.0289. The average molecular weight is 271 g/mol. The first-order chi connectivity index (χ1) is 9.74. The molecule has 2 heterocycles. The van der Waals surface area contributed by atoms with Gasteiger partial charge in [-0.3, -0.25) is 9.69 Å². The van der Waals surface area contributed by atoms with Crippen LogP contribution in [0, 0.1) is 5.92 Å². The molecule has 3 unspecified atom stereocenters. The summed E-state index contributed by atoms with van der Waals surface area (Å²) in [6.45, 7) is 0.950. The van der Waals surface area contributed by atoms with Crippen LogP contribution < -0.4 is 0 Å². The smallest absolute Gasteiger partial charge is 0.308 e. The molecule has 3 fully saturated rings. The van der Waals surface area contributed by atoms with E-state index in [1.54, 1.807) is 0 Å². The fourth-order valence-corrected chi connectivity index (χ4v) is 4.28. The summed E-state index contributed by atoms with van der Waals surface area (Å²) < 4.78 is 0. The van der Waals surface area contributed by atoms with Crippen molar-refractivity contribution in [1.29, 1.82) is 0 Å². The van der Waals surface area contributed by atoms with Crippen LogP contribution in [-0.2, 0) is 11.3 Å². The van der Waals surface area contributed by atoms with E-state index in [0.29, 0.717) is 6.04 Å². The molecule has 1 saturated carbocycles. The number of fused-ring (bicyclic) bond motifs is 2. The minimum Gasteiger partial charge on any atom is -0.481 e. The molecule has 106 valence electrons. The van der Waals surface area contributed by atoms with Gasteiger partial charge in [0.2, 0.25) is 0 Å². The van der Waals surface area contributed by atoms with E-state index in [4.69, 9.17) is 0 Å². The van der Waals surface area contributed by atoms with Gasteiger partial charge < -0.3 is 5.11 Å². The van der Waals surface area contributed by atoms with Crippen LogP contribution in [0.2, 0.25) is 0 Å². The van der Waals surface area contributed by atoms with Crippen molar-refractivity contribution in [3.05, 3.63) is 35.4 Å². The molecule has 1 aromatic rings. The first-order valence-corrected chi connectivity index (χ1v) is 7.80. The van der Waals surface area contributed by atoms with E-state index in [9.17, 15) is 9.90 Å². The topological polar surface area (TPSA) is 40.5 Å². The van der Waals surface area contributed by atoms with Gasteiger partial charge in [-0.15, -0.1) is 0 Å². The van der Waals surface area contributed by atoms with Crippen LogP contribution in [0.25, 0.3) is 0 Å². The maximum absolute atomic E-state index is 11.3. The quantitative estimate of drug-likeness (QED) is 0.915. The summed E-state index contributed by atoms with van der Waals surface area (Å²) in [6, 6.07) is 9.52. The molecule has 3 atom stereocenters. The number of benzene rings is 1. The van der Waals surface area contributed by atoms with Gasteiger partial charge in [-0.05, 0) is 49.1 Å². The van der Waals surface area contributed by atoms with Crippen molar-refractivity contribution in [2.75, 3.05) is 0 Å². The largest absolute Gasteiger partial charge is 0.481 e. The molecule has 0 radical (unpaired) electrons. The molecular formula is C17H21NO2. The van der Waals surface area contributed by atoms with Crippen LogP contribution in [0.4, 0.5) is 0 Å². The molecule has 3 aliphatic rings. The second-order valence-electron chi connectivity index (χ2n) is 6.62. The lowest BCUT2D eigenvalue weighted by atomic mass is 9.89. The predicted octanol–water partition coefficient (Wildman–Crippen LogP) is 3.00. The third-order valence-electron chi connectivity index (χ3n) is 5.42. The van der Waals surface area contributed by atoms with Gasteiger partial charge in [0.05, 0.1) is 5.92 Å². The summed E-state index contributed by atoms with van der Waals surface area (Å²) >= 11 is 0. The number of nitrogens with zero attached hydrogens (tertiary/aromatic N) is 1. The second kappa shape index (κ2) is 4.59. The highest BCUT2D eigenvalue weighted by atomic mass is 16.4. The van der Waals surface area contributed by atoms with E-state index in [0.717, 1.165) is 25.3 Å². The van der Waals surface area contributed by atoms with Crippen molar-refractivity contribution in [3.8, 4) is 0 Å². The lowest BCUT2D eigenvalue weighted by Gasteiger charge is -2.24. The van der Waals surface area contributed by atoms with Gasteiger partial charge in [-0.1, -0.05) is 24.3 Å². The maximum atomic E-state index is 11.3. The fraction of sp³-hybridized carbons (Fsp3) is 0.588. The zero-order valence-electron chi connectivity index (χ0n) is 11.7. The predicted molar refractivity (Wildman–Crippen MR) is 76.5 cm³/mol. The van der Waals surface area contributed by atoms with Gasteiger partial charge in [0.15, 0.2) is 0 Å². The van der Waals surface area contributed by atoms with Crippen molar-refractivity contribution in [1.82, 2.24) is 4.90 Å². The Morgan fingerprint density at radius 1 is 1.20 bits per heavy atom. The van der Waals surface area contributed by atoms with E-state index >= 15 is 0 Å². The molecule has 1 N–H and O–H groups in total. The molecule has 0 amide bonds. The molecule has 2 aliphatic heterocycles. The SMILES string of the molecule is O=C(O)C1CC2CCC1N2Cc1ccccc1C1CC1. The van der Waals surface area contributed by atoms with Gasteiger partial charge in [-0.2, -0.15) is 0 Å². The molecular weight excluding hydrogens is 250 g/mol. The zero-order valence-corrected chi connectivity index (χ0v) is 11.7. The maximum Gasteiger partial charge on any atom is 0.308 e. The molecule has 2 saturated heterocycles. The van der Waals surface area contributed by atoms with Crippen LogP contribution in [0.15, 0.2) is 24.3 Å². The second-order valence-corrected chi connectivity index (χ2v) is 6.62. The minimum atomic E-state index is -0.599. The van der Waals surface area contributed by atoms with Gasteiger partial charge >= 0.3 is 5.97 Å². The standard InChI is InChI=1S/C17H21NO2/c19-17(20)15-9-13-7-8-16(15)18(13)10-12-3-1-2-4-14(12)11-5-6-11/h1-4,11,13,15-16H,5-10H2,(H,19,20). The fourth-order valence-electron chi connectivity index (χ4n) is 4.28. The number of hydrogen-bond acceptors (Lipinski definition) is 2. The number of hydrogen-bond donors (Lipinski definition) is 1. The van der Waals surface area contributed by atoms with Gasteiger partial charge in [-0.25, -0.2) is 0 Å². The summed E-state index contributed by atoms with van der Waals surface area (Å²) in [5.41, 5.74) is 2.93. The van der Waals surface area contributed by atoms with E-state index in [2.05, 4.69) is 29.2 Å². The number of carboxylic acid groups (broad SMARTS) is 1. The Morgan fingerprint density at radius 2 is 2.00 bits per heavy atom. The van der Waals surface area contributed by atoms with Crippen molar-refractivity contribution in [3.63, 3.8) is 0 Å². The number of aliphatic carboxylic acids is 1. The summed E-state index contributed by atoms with van der Waals surface area (Å²) in [7, 11) is 0. The van der Waals surface area contributed by atoms with Crippen molar-refractivity contribution in [2.45, 2.75) is 56.7 Å². The van der Waals surface area contributed by atoms with Crippen LogP contribution in [0.5, 0.6) is 0 Å². The van der Waals surface area contributed by atoms with Crippen molar-refractivity contribution < 1.29 is 9.90 Å². The zero-order chi connectivity index (χ0) is 13.7. The lowest BCUT2D eigenvalue weighted by molar-refractivity contribution is -0.142. The normalized spacial score (nSPS) is 32.7. The molecule has 2 bridgehead atoms. The molecule has 0 aromatic heterocycles. The highest BCUT2D eigenvalue weighted by molar-refractivity contribution is 5.71. The molecule has 0 spiro atoms. The third kappa shape index (κ3) is 1.96. The summed E-state index contributed by atoms with van der Waals surface area (Å²) in [6.07, 6.45) is 5.74. The molecule has 1 aromatic carbocycles. The number of rotatable bonds is 4. The Balaban J connectivity index is 1.57. The van der Waals surface area contributed by atoms with Gasteiger partial charge in [0.25, 0.3) is 0 Å². The van der Waals surface area contributed by atoms with E-state index in [1.165, 1.54) is 30.4 Å². The monoisotopic (exact) mass is 271 g/mol. The Kier molecular flexibility index (Phi) is 2.84. The average Bonchev–Trinajstić information content (AvgIpc) is 3.17. The molecule has 3 nitrogen and oxygen atoms in total. The summed E-state index contributed by atoms with van der Waals surface area (Å²) in [4.78, 5) is 13.8. The first kappa shape index (κ1) is 12.4. The highest BCUT2D eigenvalue weighted by Gasteiger charge is 2.49. The number of carboxylic acids is 1. The molecule has 1 aliphatic carbocycles. The molecule has 20 heavy (non-hydrogen) atoms. The third-order valence-corrected chi connectivity index (χ3v) is 5.42.